The van der Waals surface area contributed by atoms with Crippen molar-refractivity contribution in [2.24, 2.45) is 0 Å². The molecule has 1 atom stereocenters. The second-order valence-corrected chi connectivity index (χ2v) is 15.8. The number of benzene rings is 1. The van der Waals surface area contributed by atoms with Crippen LogP contribution in [0.3, 0.4) is 0 Å². The van der Waals surface area contributed by atoms with Gasteiger partial charge in [0.1, 0.15) is 11.5 Å². The number of nitrogens with zero attached hydrogens (tertiary/aromatic N) is 5. The molecule has 0 radical (unpaired) electrons. The second kappa shape index (κ2) is 10.5. The zero-order chi connectivity index (χ0) is 28.8. The largest absolute Gasteiger partial charge is 0.433 e. The summed E-state index contributed by atoms with van der Waals surface area (Å²) in [5.74, 6) is -1.06. The molecule has 4 aromatic rings. The minimum absolute atomic E-state index is 0.00428. The molecule has 1 aromatic carbocycles. The average Bonchev–Trinajstić information content (AvgIpc) is 3.42. The van der Waals surface area contributed by atoms with Crippen molar-refractivity contribution in [3.8, 4) is 34.0 Å². The van der Waals surface area contributed by atoms with Crippen LogP contribution in [0.15, 0.2) is 47.4 Å². The Morgan fingerprint density at radius 1 is 1.08 bits per heavy atom. The van der Waals surface area contributed by atoms with Crippen molar-refractivity contribution in [2.45, 2.75) is 64.7 Å². The Bertz CT molecular complexity index is 1450. The van der Waals surface area contributed by atoms with Crippen LogP contribution in [0.4, 0.5) is 17.6 Å². The molecule has 13 heteroatoms. The van der Waals surface area contributed by atoms with E-state index >= 15 is 0 Å². The van der Waals surface area contributed by atoms with E-state index in [9.17, 15) is 17.6 Å². The van der Waals surface area contributed by atoms with E-state index in [0.29, 0.717) is 0 Å². The first kappa shape index (κ1) is 28.9. The number of hydrogen-bond acceptors (Lipinski definition) is 6. The summed E-state index contributed by atoms with van der Waals surface area (Å²) in [7, 11) is -2.26. The van der Waals surface area contributed by atoms with Gasteiger partial charge in [-0.15, -0.1) is 0 Å². The van der Waals surface area contributed by atoms with Crippen molar-refractivity contribution < 1.29 is 26.5 Å². The molecule has 0 amide bonds. The molecule has 4 rings (SSSR count). The molecule has 0 aliphatic rings. The summed E-state index contributed by atoms with van der Waals surface area (Å²) in [6.45, 7) is 11.8. The monoisotopic (exact) mass is 581 g/mol. The maximum Gasteiger partial charge on any atom is 0.433 e. The Balaban J connectivity index is 1.87. The first-order chi connectivity index (χ1) is 18.1. The van der Waals surface area contributed by atoms with Crippen LogP contribution in [-0.2, 0) is 17.1 Å². The van der Waals surface area contributed by atoms with E-state index in [2.05, 4.69) is 41.0 Å². The quantitative estimate of drug-likeness (QED) is 0.163. The van der Waals surface area contributed by atoms with Crippen LogP contribution in [0.1, 0.15) is 33.4 Å². The van der Waals surface area contributed by atoms with Crippen molar-refractivity contribution >= 4 is 19.9 Å². The molecule has 0 aliphatic heterocycles. The number of hydrogen-bond donors (Lipinski definition) is 0. The summed E-state index contributed by atoms with van der Waals surface area (Å²) < 4.78 is 71.0. The van der Waals surface area contributed by atoms with Crippen molar-refractivity contribution in [1.82, 2.24) is 24.9 Å². The third kappa shape index (κ3) is 5.77. The number of rotatable bonds is 7. The number of aromatic nitrogens is 5. The average molecular weight is 582 g/mol. The lowest BCUT2D eigenvalue weighted by Gasteiger charge is -2.38. The first-order valence-electron chi connectivity index (χ1n) is 12.1. The van der Waals surface area contributed by atoms with Gasteiger partial charge in [0.05, 0.1) is 40.6 Å². The summed E-state index contributed by atoms with van der Waals surface area (Å²) in [6, 6.07) is 5.54. The molecule has 3 aromatic heterocycles. The topological polar surface area (TPSA) is 78.9 Å². The van der Waals surface area contributed by atoms with Gasteiger partial charge in [-0.05, 0) is 43.3 Å². The predicted octanol–water partition coefficient (Wildman–Crippen LogP) is 7.88. The summed E-state index contributed by atoms with van der Waals surface area (Å²) in [5, 5.41) is 7.84. The second-order valence-electron chi connectivity index (χ2n) is 10.7. The zero-order valence-electron chi connectivity index (χ0n) is 22.3. The minimum atomic E-state index is -4.82. The molecule has 3 heterocycles. The third-order valence-electron chi connectivity index (χ3n) is 6.77. The Kier molecular flexibility index (Phi) is 7.76. The van der Waals surface area contributed by atoms with Crippen LogP contribution >= 0.6 is 11.6 Å². The lowest BCUT2D eigenvalue weighted by atomic mass is 10.0. The summed E-state index contributed by atoms with van der Waals surface area (Å²) >= 11 is 6.26. The Morgan fingerprint density at radius 2 is 1.74 bits per heavy atom. The highest BCUT2D eigenvalue weighted by atomic mass is 35.5. The van der Waals surface area contributed by atoms with Gasteiger partial charge in [-0.1, -0.05) is 43.6 Å². The molecule has 0 aliphatic carbocycles. The molecule has 0 saturated carbocycles. The Hall–Kier alpha value is -3.09. The Morgan fingerprint density at radius 3 is 2.33 bits per heavy atom. The van der Waals surface area contributed by atoms with Gasteiger partial charge in [0.25, 0.3) is 0 Å². The van der Waals surface area contributed by atoms with Crippen LogP contribution in [0.2, 0.25) is 23.2 Å². The van der Waals surface area contributed by atoms with Gasteiger partial charge in [-0.2, -0.15) is 18.3 Å². The maximum atomic E-state index is 14.9. The number of alkyl halides is 3. The van der Waals surface area contributed by atoms with Gasteiger partial charge >= 0.3 is 6.18 Å². The molecular weight excluding hydrogens is 554 g/mol. The molecule has 0 spiro atoms. The van der Waals surface area contributed by atoms with E-state index in [1.165, 1.54) is 30.6 Å². The first-order valence-corrected chi connectivity index (χ1v) is 15.4. The van der Waals surface area contributed by atoms with Crippen LogP contribution in [0.25, 0.3) is 34.0 Å². The van der Waals surface area contributed by atoms with Crippen LogP contribution in [-0.4, -0.2) is 39.3 Å². The molecule has 208 valence electrons. The summed E-state index contributed by atoms with van der Waals surface area (Å²) in [5.41, 5.74) is -1.77. The normalized spacial score (nSPS) is 13.6. The van der Waals surface area contributed by atoms with E-state index in [-0.39, 0.29) is 45.0 Å². The van der Waals surface area contributed by atoms with Gasteiger partial charge in [0.2, 0.25) is 0 Å². The predicted molar refractivity (Wildman–Crippen MR) is 142 cm³/mol. The van der Waals surface area contributed by atoms with Crippen LogP contribution in [0.5, 0.6) is 0 Å². The van der Waals surface area contributed by atoms with Gasteiger partial charge in [-0.3, -0.25) is 4.68 Å². The highest BCUT2D eigenvalue weighted by Gasteiger charge is 2.43. The molecule has 0 N–H and O–H groups in total. The van der Waals surface area contributed by atoms with E-state index < -0.39 is 37.7 Å². The maximum absolute atomic E-state index is 14.9. The van der Waals surface area contributed by atoms with Crippen molar-refractivity contribution in [3.63, 3.8) is 0 Å². The fraction of sp³-hybridized carbons (Fsp3) is 0.385. The van der Waals surface area contributed by atoms with Gasteiger partial charge in [-0.25, -0.2) is 14.4 Å². The molecule has 7 nitrogen and oxygen atoms in total. The van der Waals surface area contributed by atoms with Gasteiger partial charge in [0, 0.05) is 12.4 Å². The molecule has 0 unspecified atom stereocenters. The standard InChI is InChI=1S/C26H28ClF4N5O2Si/c1-15(38-39(5,6)25(2,3)4)14-36-23(26(29,30)31)16(13-34-36)22-20(24-32-11-8-12-33-24)21(35-37-22)19-17(27)9-7-10-18(19)28/h7-13,15H,14H2,1-6H3/t15-/m1/s1. The van der Waals surface area contributed by atoms with E-state index in [4.69, 9.17) is 20.6 Å². The molecular formula is C26H28ClF4N5O2Si. The number of halogens is 5. The fourth-order valence-electron chi connectivity index (χ4n) is 3.95. The van der Waals surface area contributed by atoms with Crippen LogP contribution in [0, 0.1) is 5.82 Å². The lowest BCUT2D eigenvalue weighted by molar-refractivity contribution is -0.144. The highest BCUT2D eigenvalue weighted by molar-refractivity contribution is 6.74. The van der Waals surface area contributed by atoms with Crippen molar-refractivity contribution in [1.29, 1.82) is 0 Å². The van der Waals surface area contributed by atoms with E-state index in [0.717, 1.165) is 16.9 Å². The molecule has 0 fully saturated rings. The van der Waals surface area contributed by atoms with E-state index in [1.807, 2.05) is 13.1 Å². The summed E-state index contributed by atoms with van der Waals surface area (Å²) in [6.07, 6.45) is -1.53. The van der Waals surface area contributed by atoms with Gasteiger partial charge < -0.3 is 8.95 Å². The zero-order valence-corrected chi connectivity index (χ0v) is 24.0. The van der Waals surface area contributed by atoms with Crippen molar-refractivity contribution in [3.05, 3.63) is 59.4 Å². The molecule has 0 saturated heterocycles. The molecule has 39 heavy (non-hydrogen) atoms. The smallest absolute Gasteiger partial charge is 0.412 e. The van der Waals surface area contributed by atoms with Gasteiger partial charge in [0.15, 0.2) is 25.6 Å². The fourth-order valence-corrected chi connectivity index (χ4v) is 5.64. The van der Waals surface area contributed by atoms with Crippen LogP contribution < -0.4 is 0 Å². The minimum Gasteiger partial charge on any atom is -0.412 e. The van der Waals surface area contributed by atoms with Crippen molar-refractivity contribution in [2.75, 3.05) is 0 Å². The lowest BCUT2D eigenvalue weighted by Crippen LogP contribution is -2.44. The SMILES string of the molecule is C[C@H](Cn1ncc(-c2onc(-c3c(F)cccc3Cl)c2-c2ncccn2)c1C(F)(F)F)O[Si](C)(C)C(C)(C)C. The third-order valence-corrected chi connectivity index (χ3v) is 11.7. The molecule has 0 bridgehead atoms. The highest BCUT2D eigenvalue weighted by Crippen LogP contribution is 2.45. The summed E-state index contributed by atoms with van der Waals surface area (Å²) in [4.78, 5) is 8.33. The Labute approximate surface area is 229 Å². The van der Waals surface area contributed by atoms with E-state index in [1.54, 1.807) is 6.92 Å².